The first-order valence-electron chi connectivity index (χ1n) is 7.49. The van der Waals surface area contributed by atoms with E-state index in [0.717, 1.165) is 11.1 Å². The van der Waals surface area contributed by atoms with Gasteiger partial charge in [0.05, 0.1) is 5.54 Å². The second-order valence-corrected chi connectivity index (χ2v) is 7.20. The van der Waals surface area contributed by atoms with Crippen molar-refractivity contribution in [3.05, 3.63) is 29.3 Å². The number of rotatable bonds is 5. The van der Waals surface area contributed by atoms with Crippen LogP contribution in [0.1, 0.15) is 45.7 Å². The maximum Gasteiger partial charge on any atom is 0.408 e. The Bertz CT molecular complexity index is 519. The van der Waals surface area contributed by atoms with E-state index in [1.54, 1.807) is 0 Å². The number of alkyl carbamates (subject to hydrolysis) is 1. The number of phenols is 1. The quantitative estimate of drug-likeness (QED) is 0.782. The molecule has 0 aliphatic heterocycles. The van der Waals surface area contributed by atoms with Crippen molar-refractivity contribution in [1.82, 2.24) is 10.6 Å². The molecule has 0 unspecified atom stereocenters. The predicted octanol–water partition coefficient (Wildman–Crippen LogP) is 3.09. The Balaban J connectivity index is 2.49. The minimum Gasteiger partial charge on any atom is -0.507 e. The molecule has 1 aromatic rings. The van der Waals surface area contributed by atoms with Crippen molar-refractivity contribution < 1.29 is 14.6 Å². The lowest BCUT2D eigenvalue weighted by Gasteiger charge is -2.29. The van der Waals surface area contributed by atoms with Gasteiger partial charge in [0.25, 0.3) is 0 Å². The number of aromatic hydroxyl groups is 1. The monoisotopic (exact) mass is 308 g/mol. The average Bonchev–Trinajstić information content (AvgIpc) is 2.31. The molecule has 22 heavy (non-hydrogen) atoms. The Kier molecular flexibility index (Phi) is 5.83. The van der Waals surface area contributed by atoms with Crippen LogP contribution < -0.4 is 10.6 Å². The van der Waals surface area contributed by atoms with Gasteiger partial charge in [-0.05, 0) is 47.1 Å². The Hall–Kier alpha value is -1.75. The molecule has 0 aliphatic rings. The van der Waals surface area contributed by atoms with Gasteiger partial charge in [-0.25, -0.2) is 4.79 Å². The number of ether oxygens (including phenoxy) is 1. The number of nitrogens with one attached hydrogen (secondary N) is 2. The molecule has 1 rings (SSSR count). The smallest absolute Gasteiger partial charge is 0.408 e. The van der Waals surface area contributed by atoms with Gasteiger partial charge < -0.3 is 20.5 Å². The Morgan fingerprint density at radius 1 is 1.23 bits per heavy atom. The van der Waals surface area contributed by atoms with Crippen molar-refractivity contribution in [3.8, 4) is 5.75 Å². The second kappa shape index (κ2) is 7.01. The fraction of sp³-hybridized carbons (Fsp3) is 0.588. The molecular formula is C17H28N2O3. The molecule has 0 fully saturated rings. The first-order chi connectivity index (χ1) is 10.0. The molecule has 0 saturated carbocycles. The van der Waals surface area contributed by atoms with Crippen LogP contribution in [-0.4, -0.2) is 28.9 Å². The fourth-order valence-corrected chi connectivity index (χ4v) is 2.00. The van der Waals surface area contributed by atoms with Gasteiger partial charge in [-0.1, -0.05) is 18.2 Å². The minimum absolute atomic E-state index is 0.313. The average molecular weight is 308 g/mol. The van der Waals surface area contributed by atoms with Crippen LogP contribution >= 0.6 is 0 Å². The fourth-order valence-electron chi connectivity index (χ4n) is 2.00. The highest BCUT2D eigenvalue weighted by Gasteiger charge is 2.24. The summed E-state index contributed by atoms with van der Waals surface area (Å²) in [6.07, 6.45) is -0.433. The van der Waals surface area contributed by atoms with Crippen LogP contribution in [0.4, 0.5) is 4.79 Å². The topological polar surface area (TPSA) is 70.6 Å². The lowest BCUT2D eigenvalue weighted by atomic mass is 10.1. The van der Waals surface area contributed by atoms with E-state index in [-0.39, 0.29) is 0 Å². The third-order valence-electron chi connectivity index (χ3n) is 3.04. The zero-order valence-electron chi connectivity index (χ0n) is 14.4. The van der Waals surface area contributed by atoms with Crippen LogP contribution in [0.2, 0.25) is 0 Å². The second-order valence-electron chi connectivity index (χ2n) is 7.20. The molecule has 5 nitrogen and oxygen atoms in total. The SMILES string of the molecule is Cc1cccc(CNCC(C)(C)NC(=O)OC(C)(C)C)c1O. The van der Waals surface area contributed by atoms with Crippen LogP contribution in [0.25, 0.3) is 0 Å². The van der Waals surface area contributed by atoms with Gasteiger partial charge in [0.1, 0.15) is 11.4 Å². The predicted molar refractivity (Wildman–Crippen MR) is 88.0 cm³/mol. The third-order valence-corrected chi connectivity index (χ3v) is 3.04. The number of phenolic OH excluding ortho intramolecular Hbond substituents is 1. The number of hydrogen-bond donors (Lipinski definition) is 3. The molecule has 0 bridgehead atoms. The molecule has 124 valence electrons. The first kappa shape index (κ1) is 18.3. The van der Waals surface area contributed by atoms with E-state index in [0.29, 0.717) is 18.8 Å². The third kappa shape index (κ3) is 6.35. The molecule has 0 spiro atoms. The molecule has 3 N–H and O–H groups in total. The van der Waals surface area contributed by atoms with E-state index < -0.39 is 17.2 Å². The van der Waals surface area contributed by atoms with Gasteiger partial charge in [0.2, 0.25) is 0 Å². The number of amides is 1. The molecule has 0 aromatic heterocycles. The summed E-state index contributed by atoms with van der Waals surface area (Å²) >= 11 is 0. The van der Waals surface area contributed by atoms with Gasteiger partial charge in [-0.3, -0.25) is 0 Å². The van der Waals surface area contributed by atoms with Gasteiger partial charge in [-0.15, -0.1) is 0 Å². The highest BCUT2D eigenvalue weighted by atomic mass is 16.6. The molecule has 5 heteroatoms. The minimum atomic E-state index is -0.513. The van der Waals surface area contributed by atoms with Crippen molar-refractivity contribution in [1.29, 1.82) is 0 Å². The summed E-state index contributed by atoms with van der Waals surface area (Å²) in [5, 5.41) is 16.1. The van der Waals surface area contributed by atoms with Crippen molar-refractivity contribution in [2.75, 3.05) is 6.54 Å². The number of para-hydroxylation sites is 1. The van der Waals surface area contributed by atoms with Crippen LogP contribution in [0.5, 0.6) is 5.75 Å². The summed E-state index contributed by atoms with van der Waals surface area (Å²) in [4.78, 5) is 11.8. The molecule has 1 amide bonds. The zero-order chi connectivity index (χ0) is 17.0. The van der Waals surface area contributed by atoms with E-state index in [4.69, 9.17) is 4.74 Å². The van der Waals surface area contributed by atoms with Gasteiger partial charge in [-0.2, -0.15) is 0 Å². The lowest BCUT2D eigenvalue weighted by Crippen LogP contribution is -2.51. The number of carbonyl (C=O) groups is 1. The van der Waals surface area contributed by atoms with Gasteiger partial charge in [0, 0.05) is 18.7 Å². The van der Waals surface area contributed by atoms with E-state index in [1.807, 2.05) is 59.7 Å². The molecule has 0 heterocycles. The largest absolute Gasteiger partial charge is 0.507 e. The molecule has 1 aromatic carbocycles. The normalized spacial score (nSPS) is 12.1. The molecular weight excluding hydrogens is 280 g/mol. The number of hydrogen-bond acceptors (Lipinski definition) is 4. The maximum absolute atomic E-state index is 11.8. The van der Waals surface area contributed by atoms with E-state index in [9.17, 15) is 9.90 Å². The van der Waals surface area contributed by atoms with Crippen LogP contribution in [-0.2, 0) is 11.3 Å². The van der Waals surface area contributed by atoms with Crippen LogP contribution in [0, 0.1) is 6.92 Å². The first-order valence-corrected chi connectivity index (χ1v) is 7.49. The Morgan fingerprint density at radius 2 is 1.86 bits per heavy atom. The summed E-state index contributed by atoms with van der Waals surface area (Å²) in [7, 11) is 0. The summed E-state index contributed by atoms with van der Waals surface area (Å²) in [6, 6.07) is 5.66. The Labute approximate surface area is 133 Å². The molecule has 0 saturated heterocycles. The maximum atomic E-state index is 11.8. The van der Waals surface area contributed by atoms with Crippen LogP contribution in [0.15, 0.2) is 18.2 Å². The summed E-state index contributed by atoms with van der Waals surface area (Å²) < 4.78 is 5.26. The van der Waals surface area contributed by atoms with Crippen molar-refractivity contribution in [2.24, 2.45) is 0 Å². The van der Waals surface area contributed by atoms with E-state index in [2.05, 4.69) is 10.6 Å². The summed E-state index contributed by atoms with van der Waals surface area (Å²) in [5.41, 5.74) is 0.724. The number of aryl methyl sites for hydroxylation is 1. The van der Waals surface area contributed by atoms with Crippen molar-refractivity contribution >= 4 is 6.09 Å². The number of benzene rings is 1. The lowest BCUT2D eigenvalue weighted by molar-refractivity contribution is 0.0472. The number of carbonyl (C=O) groups excluding carboxylic acids is 1. The zero-order valence-corrected chi connectivity index (χ0v) is 14.4. The summed E-state index contributed by atoms with van der Waals surface area (Å²) in [5.74, 6) is 0.313. The van der Waals surface area contributed by atoms with Gasteiger partial charge in [0.15, 0.2) is 0 Å². The Morgan fingerprint density at radius 3 is 2.45 bits per heavy atom. The highest BCUT2D eigenvalue weighted by molar-refractivity contribution is 5.68. The van der Waals surface area contributed by atoms with E-state index in [1.165, 1.54) is 0 Å². The standard InChI is InChI=1S/C17H28N2O3/c1-12-8-7-9-13(14(12)20)10-18-11-17(5,6)19-15(21)22-16(2,3)4/h7-9,18,20H,10-11H2,1-6H3,(H,19,21). The molecule has 0 radical (unpaired) electrons. The summed E-state index contributed by atoms with van der Waals surface area (Å²) in [6.45, 7) is 12.3. The molecule has 0 aliphatic carbocycles. The van der Waals surface area contributed by atoms with Crippen LogP contribution in [0.3, 0.4) is 0 Å². The van der Waals surface area contributed by atoms with Crippen molar-refractivity contribution in [3.63, 3.8) is 0 Å². The van der Waals surface area contributed by atoms with E-state index >= 15 is 0 Å². The van der Waals surface area contributed by atoms with Gasteiger partial charge >= 0.3 is 6.09 Å². The van der Waals surface area contributed by atoms with Crippen molar-refractivity contribution in [2.45, 2.75) is 59.2 Å². The molecule has 0 atom stereocenters. The highest BCUT2D eigenvalue weighted by Crippen LogP contribution is 2.21.